The average molecular weight is 292 g/mol. The number of hydrogen-bond acceptors (Lipinski definition) is 3. The SMILES string of the molecule is Cn1cc(S(O)(O)CCl)c(=O)c2ccc(F)cc21. The van der Waals surface area contributed by atoms with Gasteiger partial charge in [0, 0.05) is 18.6 Å². The van der Waals surface area contributed by atoms with Crippen LogP contribution in [0.25, 0.3) is 10.9 Å². The highest BCUT2D eigenvalue weighted by Crippen LogP contribution is 2.47. The summed E-state index contributed by atoms with van der Waals surface area (Å²) >= 11 is 5.46. The molecule has 1 aromatic heterocycles. The van der Waals surface area contributed by atoms with Gasteiger partial charge in [0.25, 0.3) is 0 Å². The predicted molar refractivity (Wildman–Crippen MR) is 71.0 cm³/mol. The molecule has 2 rings (SSSR count). The van der Waals surface area contributed by atoms with E-state index in [1.807, 2.05) is 0 Å². The smallest absolute Gasteiger partial charge is 0.212 e. The maximum atomic E-state index is 13.1. The van der Waals surface area contributed by atoms with Crippen molar-refractivity contribution in [3.63, 3.8) is 0 Å². The van der Waals surface area contributed by atoms with Gasteiger partial charge in [-0.3, -0.25) is 13.9 Å². The van der Waals surface area contributed by atoms with Crippen LogP contribution in [0.4, 0.5) is 4.39 Å². The van der Waals surface area contributed by atoms with Crippen LogP contribution in [0.2, 0.25) is 0 Å². The van der Waals surface area contributed by atoms with Crippen molar-refractivity contribution in [2.24, 2.45) is 7.05 Å². The van der Waals surface area contributed by atoms with Gasteiger partial charge >= 0.3 is 0 Å². The van der Waals surface area contributed by atoms with Crippen LogP contribution in [0, 0.1) is 5.82 Å². The van der Waals surface area contributed by atoms with Crippen LogP contribution < -0.4 is 5.43 Å². The highest BCUT2D eigenvalue weighted by molar-refractivity contribution is 8.25. The van der Waals surface area contributed by atoms with Gasteiger partial charge in [-0.15, -0.1) is 11.6 Å². The van der Waals surface area contributed by atoms with Gasteiger partial charge in [0.05, 0.1) is 5.52 Å². The fourth-order valence-corrected chi connectivity index (χ4v) is 2.92. The summed E-state index contributed by atoms with van der Waals surface area (Å²) < 4.78 is 34.1. The van der Waals surface area contributed by atoms with E-state index < -0.39 is 27.0 Å². The summed E-state index contributed by atoms with van der Waals surface area (Å²) in [5, 5.41) is -0.226. The van der Waals surface area contributed by atoms with Crippen molar-refractivity contribution in [3.8, 4) is 0 Å². The van der Waals surface area contributed by atoms with E-state index in [9.17, 15) is 18.3 Å². The number of halogens is 2. The second-order valence-electron chi connectivity index (χ2n) is 3.87. The summed E-state index contributed by atoms with van der Waals surface area (Å²) in [5.41, 5.74) is -0.155. The lowest BCUT2D eigenvalue weighted by molar-refractivity contribution is 0.491. The first-order valence-corrected chi connectivity index (χ1v) is 7.22. The molecule has 0 unspecified atom stereocenters. The molecule has 7 heteroatoms. The standard InChI is InChI=1S/C11H11ClFNO3S/c1-14-5-10(18(16,17)6-12)11(15)8-3-2-7(13)4-9(8)14/h2-5,16-17H,6H2,1H3. The van der Waals surface area contributed by atoms with Crippen LogP contribution >= 0.6 is 22.2 Å². The molecule has 4 nitrogen and oxygen atoms in total. The van der Waals surface area contributed by atoms with Crippen molar-refractivity contribution in [2.75, 3.05) is 5.21 Å². The molecule has 0 aliphatic rings. The van der Waals surface area contributed by atoms with Crippen molar-refractivity contribution < 1.29 is 13.5 Å². The average Bonchev–Trinajstić information content (AvgIpc) is 2.33. The fourth-order valence-electron chi connectivity index (χ4n) is 1.72. The van der Waals surface area contributed by atoms with Gasteiger partial charge in [-0.05, 0) is 18.2 Å². The Morgan fingerprint density at radius 1 is 1.44 bits per heavy atom. The van der Waals surface area contributed by atoms with Crippen molar-refractivity contribution in [1.82, 2.24) is 4.57 Å². The van der Waals surface area contributed by atoms with Crippen molar-refractivity contribution >= 4 is 33.1 Å². The Bertz CT molecular complexity index is 671. The highest BCUT2D eigenvalue weighted by atomic mass is 35.5. The zero-order valence-electron chi connectivity index (χ0n) is 9.43. The molecule has 0 radical (unpaired) electrons. The number of hydrogen-bond donors (Lipinski definition) is 2. The molecule has 0 atom stereocenters. The Morgan fingerprint density at radius 2 is 2.11 bits per heavy atom. The molecule has 0 saturated heterocycles. The Labute approximate surface area is 109 Å². The van der Waals surface area contributed by atoms with E-state index >= 15 is 0 Å². The summed E-state index contributed by atoms with van der Waals surface area (Å²) in [7, 11) is -1.72. The van der Waals surface area contributed by atoms with Gasteiger partial charge in [-0.1, -0.05) is 0 Å². The topological polar surface area (TPSA) is 62.5 Å². The van der Waals surface area contributed by atoms with Gasteiger partial charge in [-0.2, -0.15) is 10.6 Å². The molecular weight excluding hydrogens is 281 g/mol. The monoisotopic (exact) mass is 291 g/mol. The van der Waals surface area contributed by atoms with Crippen LogP contribution in [0.3, 0.4) is 0 Å². The molecule has 1 heterocycles. The molecule has 0 fully saturated rings. The van der Waals surface area contributed by atoms with Gasteiger partial charge in [0.2, 0.25) is 5.43 Å². The third kappa shape index (κ3) is 2.12. The Kier molecular flexibility index (Phi) is 3.37. The third-order valence-electron chi connectivity index (χ3n) is 2.62. The molecule has 2 aromatic rings. The molecule has 0 spiro atoms. The molecule has 0 aliphatic carbocycles. The number of fused-ring (bicyclic) bond motifs is 1. The number of alkyl halides is 1. The number of benzene rings is 1. The van der Waals surface area contributed by atoms with Gasteiger partial charge in [-0.25, -0.2) is 4.39 Å². The largest absolute Gasteiger partial charge is 0.348 e. The Hall–Kier alpha value is -1.08. The molecule has 0 amide bonds. The maximum absolute atomic E-state index is 13.1. The third-order valence-corrected chi connectivity index (χ3v) is 4.84. The molecule has 0 bridgehead atoms. The zero-order chi connectivity index (χ0) is 13.5. The molecule has 1 aromatic carbocycles. The first-order valence-electron chi connectivity index (χ1n) is 4.97. The summed E-state index contributed by atoms with van der Waals surface area (Å²) in [6, 6.07) is 3.69. The predicted octanol–water partition coefficient (Wildman–Crippen LogP) is 2.98. The number of pyridine rings is 1. The van der Waals surface area contributed by atoms with Crippen LogP contribution in [-0.2, 0) is 7.05 Å². The number of aromatic nitrogens is 1. The van der Waals surface area contributed by atoms with Gasteiger partial charge < -0.3 is 4.57 Å². The van der Waals surface area contributed by atoms with Crippen LogP contribution in [0.1, 0.15) is 0 Å². The van der Waals surface area contributed by atoms with Crippen molar-refractivity contribution in [3.05, 3.63) is 40.4 Å². The summed E-state index contributed by atoms with van der Waals surface area (Å²) in [6.07, 6.45) is 1.28. The van der Waals surface area contributed by atoms with Crippen molar-refractivity contribution in [2.45, 2.75) is 4.90 Å². The summed E-state index contributed by atoms with van der Waals surface area (Å²) in [6.45, 7) is 0. The fraction of sp³-hybridized carbons (Fsp3) is 0.182. The van der Waals surface area contributed by atoms with E-state index in [0.717, 1.165) is 6.07 Å². The lowest BCUT2D eigenvalue weighted by atomic mass is 10.2. The number of aryl methyl sites for hydroxylation is 1. The first kappa shape index (κ1) is 13.4. The Balaban J connectivity index is 2.86. The van der Waals surface area contributed by atoms with Crippen LogP contribution in [-0.4, -0.2) is 18.9 Å². The summed E-state index contributed by atoms with van der Waals surface area (Å²) in [4.78, 5) is 12.0. The molecule has 2 N–H and O–H groups in total. The minimum Gasteiger partial charge on any atom is -0.348 e. The lowest BCUT2D eigenvalue weighted by Crippen LogP contribution is -2.16. The van der Waals surface area contributed by atoms with E-state index in [4.69, 9.17) is 11.6 Å². The molecule has 0 saturated carbocycles. The normalized spacial score (nSPS) is 12.9. The van der Waals surface area contributed by atoms with E-state index in [-0.39, 0.29) is 10.3 Å². The maximum Gasteiger partial charge on any atom is 0.212 e. The minimum atomic E-state index is -3.31. The second kappa shape index (κ2) is 4.55. The van der Waals surface area contributed by atoms with E-state index in [1.54, 1.807) is 7.05 Å². The quantitative estimate of drug-likeness (QED) is 0.836. The second-order valence-corrected chi connectivity index (χ2v) is 6.52. The molecule has 18 heavy (non-hydrogen) atoms. The van der Waals surface area contributed by atoms with E-state index in [1.165, 1.54) is 22.9 Å². The van der Waals surface area contributed by atoms with E-state index in [2.05, 4.69) is 0 Å². The first-order chi connectivity index (χ1) is 8.36. The van der Waals surface area contributed by atoms with Gasteiger partial charge in [0.1, 0.15) is 15.9 Å². The number of rotatable bonds is 2. The highest BCUT2D eigenvalue weighted by Gasteiger charge is 2.20. The van der Waals surface area contributed by atoms with Crippen LogP contribution in [0.5, 0.6) is 0 Å². The van der Waals surface area contributed by atoms with Crippen LogP contribution in [0.15, 0.2) is 34.1 Å². The molecule has 98 valence electrons. The lowest BCUT2D eigenvalue weighted by Gasteiger charge is -2.29. The van der Waals surface area contributed by atoms with Gasteiger partial charge in [0.15, 0.2) is 0 Å². The number of nitrogens with zero attached hydrogens (tertiary/aromatic N) is 1. The minimum absolute atomic E-state index is 0.154. The summed E-state index contributed by atoms with van der Waals surface area (Å²) in [5.74, 6) is -0.464. The Morgan fingerprint density at radius 3 is 2.72 bits per heavy atom. The molecule has 0 aliphatic heterocycles. The molecular formula is C11H11ClFNO3S. The van der Waals surface area contributed by atoms with E-state index in [0.29, 0.717) is 5.52 Å². The van der Waals surface area contributed by atoms with Crippen molar-refractivity contribution in [1.29, 1.82) is 0 Å². The zero-order valence-corrected chi connectivity index (χ0v) is 11.0.